The van der Waals surface area contributed by atoms with E-state index in [0.717, 1.165) is 75.3 Å². The molecule has 4 rings (SSSR count). The van der Waals surface area contributed by atoms with Gasteiger partial charge in [0.15, 0.2) is 0 Å². The van der Waals surface area contributed by atoms with E-state index in [9.17, 15) is 0 Å². The van der Waals surface area contributed by atoms with Crippen molar-refractivity contribution in [3.63, 3.8) is 0 Å². The lowest BCUT2D eigenvalue weighted by atomic mass is 10.0. The Hall–Kier alpha value is -2.26. The highest BCUT2D eigenvalue weighted by Crippen LogP contribution is 2.27. The average Bonchev–Trinajstić information content (AvgIpc) is 3.34. The highest BCUT2D eigenvalue weighted by molar-refractivity contribution is 5.46. The first kappa shape index (κ1) is 17.2. The fraction of sp³-hybridized carbons (Fsp3) is 0.647. The van der Waals surface area contributed by atoms with Crippen LogP contribution in [0.5, 0.6) is 0 Å². The molecule has 0 aromatic carbocycles. The van der Waals surface area contributed by atoms with Crippen LogP contribution in [-0.2, 0) is 11.3 Å². The second kappa shape index (κ2) is 7.55. The van der Waals surface area contributed by atoms with Crippen LogP contribution in [0.1, 0.15) is 29.4 Å². The van der Waals surface area contributed by atoms with Crippen molar-refractivity contribution in [3.05, 3.63) is 23.1 Å². The van der Waals surface area contributed by atoms with Crippen LogP contribution in [0.3, 0.4) is 0 Å². The van der Waals surface area contributed by atoms with Gasteiger partial charge >= 0.3 is 0 Å². The number of ether oxygens (including phenoxy) is 1. The van der Waals surface area contributed by atoms with E-state index in [-0.39, 0.29) is 0 Å². The van der Waals surface area contributed by atoms with Crippen molar-refractivity contribution < 1.29 is 9.37 Å². The molecule has 0 amide bonds. The summed E-state index contributed by atoms with van der Waals surface area (Å²) in [4.78, 5) is 14.0. The Morgan fingerprint density at radius 2 is 2.04 bits per heavy atom. The van der Waals surface area contributed by atoms with Gasteiger partial charge in [0.05, 0.1) is 12.3 Å². The monoisotopic (exact) mass is 359 g/mol. The summed E-state index contributed by atoms with van der Waals surface area (Å²) in [5, 5.41) is 10.9. The highest BCUT2D eigenvalue weighted by Gasteiger charge is 2.24. The van der Waals surface area contributed by atoms with Gasteiger partial charge in [-0.3, -0.25) is 4.90 Å². The van der Waals surface area contributed by atoms with Gasteiger partial charge in [0.1, 0.15) is 17.2 Å². The van der Waals surface area contributed by atoms with Gasteiger partial charge in [-0.25, -0.2) is 9.61 Å². The van der Waals surface area contributed by atoms with Crippen molar-refractivity contribution in [2.24, 2.45) is 0 Å². The minimum atomic E-state index is 0.368. The lowest BCUT2D eigenvalue weighted by Gasteiger charge is -2.35. The standard InChI is InChI=1S/C17H25N7O2/c1-12-15(22-26-21-12)10-23-4-6-24(7-5-23)16-9-14(13-3-8-25-11-13)19-17(18-2)20-16/h9,13H,3-8,10-11H2,1-2H3,(H,18,19,20). The number of hydrogen-bond donors (Lipinski definition) is 1. The third kappa shape index (κ3) is 3.63. The first-order chi connectivity index (χ1) is 12.7. The minimum absolute atomic E-state index is 0.368. The Balaban J connectivity index is 1.43. The number of nitrogens with one attached hydrogen (secondary N) is 1. The minimum Gasteiger partial charge on any atom is -0.381 e. The summed E-state index contributed by atoms with van der Waals surface area (Å²) in [6.07, 6.45) is 1.03. The lowest BCUT2D eigenvalue weighted by molar-refractivity contribution is 0.193. The van der Waals surface area contributed by atoms with Gasteiger partial charge in [-0.15, -0.1) is 0 Å². The Morgan fingerprint density at radius 1 is 1.19 bits per heavy atom. The molecule has 0 radical (unpaired) electrons. The summed E-state index contributed by atoms with van der Waals surface area (Å²) >= 11 is 0. The molecule has 2 aliphatic heterocycles. The number of rotatable bonds is 5. The number of anilines is 2. The first-order valence-electron chi connectivity index (χ1n) is 9.12. The molecule has 140 valence electrons. The summed E-state index contributed by atoms with van der Waals surface area (Å²) in [7, 11) is 1.86. The number of piperazine rings is 1. The van der Waals surface area contributed by atoms with Gasteiger partial charge in [-0.1, -0.05) is 10.3 Å². The maximum atomic E-state index is 5.52. The molecule has 0 bridgehead atoms. The SMILES string of the molecule is CNc1nc(C2CCOC2)cc(N2CCN(Cc3nonc3C)CC2)n1. The normalized spacial score (nSPS) is 21.3. The molecule has 2 fully saturated rings. The lowest BCUT2D eigenvalue weighted by Crippen LogP contribution is -2.46. The number of aryl methyl sites for hydroxylation is 1. The second-order valence-corrected chi connectivity index (χ2v) is 6.84. The predicted molar refractivity (Wildman–Crippen MR) is 96.3 cm³/mol. The second-order valence-electron chi connectivity index (χ2n) is 6.84. The Labute approximate surface area is 152 Å². The van der Waals surface area contributed by atoms with E-state index < -0.39 is 0 Å². The smallest absolute Gasteiger partial charge is 0.224 e. The summed E-state index contributed by atoms with van der Waals surface area (Å²) in [5.41, 5.74) is 2.86. The van der Waals surface area contributed by atoms with Crippen LogP contribution in [0.15, 0.2) is 10.7 Å². The van der Waals surface area contributed by atoms with E-state index in [1.165, 1.54) is 0 Å². The molecule has 9 heteroatoms. The quantitative estimate of drug-likeness (QED) is 0.840. The maximum absolute atomic E-state index is 5.52. The molecule has 0 saturated carbocycles. The molecule has 1 N–H and O–H groups in total. The van der Waals surface area contributed by atoms with Gasteiger partial charge in [0.25, 0.3) is 0 Å². The molecule has 9 nitrogen and oxygen atoms in total. The number of aromatic nitrogens is 4. The molecule has 2 aromatic heterocycles. The average molecular weight is 359 g/mol. The van der Waals surface area contributed by atoms with Crippen molar-refractivity contribution >= 4 is 11.8 Å². The number of hydrogen-bond acceptors (Lipinski definition) is 9. The van der Waals surface area contributed by atoms with E-state index >= 15 is 0 Å². The molecular formula is C17H25N7O2. The molecule has 0 spiro atoms. The van der Waals surface area contributed by atoms with Crippen molar-refractivity contribution in [1.29, 1.82) is 0 Å². The van der Waals surface area contributed by atoms with Crippen molar-refractivity contribution in [3.8, 4) is 0 Å². The molecule has 26 heavy (non-hydrogen) atoms. The summed E-state index contributed by atoms with van der Waals surface area (Å²) in [5.74, 6) is 2.04. The molecule has 2 aliphatic rings. The van der Waals surface area contributed by atoms with Gasteiger partial charge < -0.3 is 15.0 Å². The summed E-state index contributed by atoms with van der Waals surface area (Å²) < 4.78 is 10.3. The Kier molecular flexibility index (Phi) is 4.98. The zero-order chi connectivity index (χ0) is 17.9. The van der Waals surface area contributed by atoms with E-state index in [0.29, 0.717) is 11.9 Å². The first-order valence-corrected chi connectivity index (χ1v) is 9.12. The van der Waals surface area contributed by atoms with Crippen molar-refractivity contribution in [2.75, 3.05) is 56.7 Å². The van der Waals surface area contributed by atoms with Gasteiger partial charge in [-0.05, 0) is 13.3 Å². The Bertz CT molecular complexity index is 736. The molecular weight excluding hydrogens is 334 g/mol. The Morgan fingerprint density at radius 3 is 2.69 bits per heavy atom. The van der Waals surface area contributed by atoms with Crippen LogP contribution < -0.4 is 10.2 Å². The van der Waals surface area contributed by atoms with Crippen LogP contribution in [0.4, 0.5) is 11.8 Å². The fourth-order valence-electron chi connectivity index (χ4n) is 3.44. The summed E-state index contributed by atoms with van der Waals surface area (Å²) in [6.45, 7) is 8.01. The predicted octanol–water partition coefficient (Wildman–Crippen LogP) is 1.04. The van der Waals surface area contributed by atoms with Gasteiger partial charge in [0, 0.05) is 58.4 Å². The third-order valence-corrected chi connectivity index (χ3v) is 5.12. The topological polar surface area (TPSA) is 92.4 Å². The summed E-state index contributed by atoms with van der Waals surface area (Å²) in [6, 6.07) is 2.13. The molecule has 2 aromatic rings. The van der Waals surface area contributed by atoms with E-state index in [1.807, 2.05) is 14.0 Å². The van der Waals surface area contributed by atoms with E-state index in [1.54, 1.807) is 0 Å². The molecule has 0 aliphatic carbocycles. The van der Waals surface area contributed by atoms with Crippen molar-refractivity contribution in [2.45, 2.75) is 25.8 Å². The van der Waals surface area contributed by atoms with Gasteiger partial charge in [0.2, 0.25) is 5.95 Å². The zero-order valence-electron chi connectivity index (χ0n) is 15.3. The van der Waals surface area contributed by atoms with Crippen LogP contribution in [0.25, 0.3) is 0 Å². The highest BCUT2D eigenvalue weighted by atomic mass is 16.6. The van der Waals surface area contributed by atoms with Crippen LogP contribution in [0.2, 0.25) is 0 Å². The van der Waals surface area contributed by atoms with E-state index in [4.69, 9.17) is 9.37 Å². The molecule has 1 atom stereocenters. The maximum Gasteiger partial charge on any atom is 0.224 e. The van der Waals surface area contributed by atoms with Crippen molar-refractivity contribution in [1.82, 2.24) is 25.2 Å². The largest absolute Gasteiger partial charge is 0.381 e. The molecule has 1 unspecified atom stereocenters. The fourth-order valence-corrected chi connectivity index (χ4v) is 3.44. The zero-order valence-corrected chi connectivity index (χ0v) is 15.3. The third-order valence-electron chi connectivity index (χ3n) is 5.12. The van der Waals surface area contributed by atoms with Crippen LogP contribution in [0, 0.1) is 6.92 Å². The van der Waals surface area contributed by atoms with Crippen LogP contribution in [-0.4, -0.2) is 71.6 Å². The van der Waals surface area contributed by atoms with Crippen LogP contribution >= 0.6 is 0 Å². The number of nitrogens with zero attached hydrogens (tertiary/aromatic N) is 6. The van der Waals surface area contributed by atoms with Gasteiger partial charge in [-0.2, -0.15) is 4.98 Å². The molecule has 2 saturated heterocycles. The molecule has 4 heterocycles. The van der Waals surface area contributed by atoms with E-state index in [2.05, 4.69) is 41.5 Å².